The predicted molar refractivity (Wildman–Crippen MR) is 111 cm³/mol. The van der Waals surface area contributed by atoms with Gasteiger partial charge in [0, 0.05) is 24.4 Å². The molecular formula is C23H24F2N2O3. The highest BCUT2D eigenvalue weighted by molar-refractivity contribution is 6.04. The molecule has 5 nitrogen and oxygen atoms in total. The van der Waals surface area contributed by atoms with E-state index in [1.165, 1.54) is 6.07 Å². The van der Waals surface area contributed by atoms with Gasteiger partial charge in [-0.05, 0) is 62.2 Å². The molecule has 0 atom stereocenters. The molecule has 0 bridgehead atoms. The number of hydrogen-bond acceptors (Lipinski definition) is 4. The molecule has 1 aliphatic rings. The van der Waals surface area contributed by atoms with Crippen molar-refractivity contribution in [3.05, 3.63) is 70.8 Å². The summed E-state index contributed by atoms with van der Waals surface area (Å²) in [6.45, 7) is 3.66. The molecule has 0 radical (unpaired) electrons. The highest BCUT2D eigenvalue weighted by atomic mass is 19.1. The number of anilines is 1. The first-order chi connectivity index (χ1) is 14.4. The van der Waals surface area contributed by atoms with Gasteiger partial charge in [0.25, 0.3) is 5.91 Å². The van der Waals surface area contributed by atoms with Crippen LogP contribution in [0.4, 0.5) is 14.5 Å². The van der Waals surface area contributed by atoms with E-state index in [2.05, 4.69) is 10.2 Å². The highest BCUT2D eigenvalue weighted by Crippen LogP contribution is 2.29. The van der Waals surface area contributed by atoms with Crippen LogP contribution in [0.5, 0.6) is 0 Å². The Balaban J connectivity index is 1.84. The second kappa shape index (κ2) is 9.63. The van der Waals surface area contributed by atoms with Gasteiger partial charge in [0.15, 0.2) is 0 Å². The molecule has 1 N–H and O–H groups in total. The summed E-state index contributed by atoms with van der Waals surface area (Å²) in [5, 5.41) is 2.51. The fourth-order valence-corrected chi connectivity index (χ4v) is 3.44. The van der Waals surface area contributed by atoms with Gasteiger partial charge in [-0.2, -0.15) is 0 Å². The predicted octanol–water partition coefficient (Wildman–Crippen LogP) is 4.26. The molecule has 158 valence electrons. The molecule has 0 unspecified atom stereocenters. The summed E-state index contributed by atoms with van der Waals surface area (Å²) in [6.07, 6.45) is 1.28. The topological polar surface area (TPSA) is 58.6 Å². The number of amides is 1. The molecule has 3 rings (SSSR count). The van der Waals surface area contributed by atoms with Crippen molar-refractivity contribution >= 4 is 23.1 Å². The van der Waals surface area contributed by atoms with E-state index in [-0.39, 0.29) is 5.97 Å². The molecule has 2 aromatic carbocycles. The van der Waals surface area contributed by atoms with Gasteiger partial charge in [-0.1, -0.05) is 18.2 Å². The zero-order chi connectivity index (χ0) is 21.7. The third-order valence-corrected chi connectivity index (χ3v) is 5.05. The minimum Gasteiger partial charge on any atom is -0.463 e. The largest absolute Gasteiger partial charge is 0.463 e. The van der Waals surface area contributed by atoms with E-state index in [0.717, 1.165) is 36.4 Å². The van der Waals surface area contributed by atoms with Crippen LogP contribution in [-0.2, 0) is 9.53 Å². The van der Waals surface area contributed by atoms with Crippen molar-refractivity contribution < 1.29 is 23.1 Å². The van der Waals surface area contributed by atoms with Gasteiger partial charge in [0.05, 0.1) is 6.61 Å². The second-order valence-corrected chi connectivity index (χ2v) is 7.11. The third kappa shape index (κ3) is 4.91. The summed E-state index contributed by atoms with van der Waals surface area (Å²) < 4.78 is 32.8. The average molecular weight is 414 g/mol. The smallest absolute Gasteiger partial charge is 0.334 e. The Labute approximate surface area is 174 Å². The molecule has 0 spiro atoms. The van der Waals surface area contributed by atoms with Crippen molar-refractivity contribution in [2.24, 2.45) is 0 Å². The fraction of sp³-hybridized carbons (Fsp3) is 0.304. The number of halogens is 2. The van der Waals surface area contributed by atoms with Gasteiger partial charge < -0.3 is 15.0 Å². The summed E-state index contributed by atoms with van der Waals surface area (Å²) in [5.74, 6) is -3.01. The number of carbonyl (C=O) groups excluding carboxylic acids is 2. The quantitative estimate of drug-likeness (QED) is 0.743. The maximum absolute atomic E-state index is 13.8. The average Bonchev–Trinajstić information content (AvgIpc) is 2.90. The van der Waals surface area contributed by atoms with Crippen molar-refractivity contribution in [1.82, 2.24) is 4.90 Å². The zero-order valence-electron chi connectivity index (χ0n) is 17.0. The van der Waals surface area contributed by atoms with Gasteiger partial charge in [0.2, 0.25) is 0 Å². The molecule has 1 amide bonds. The van der Waals surface area contributed by atoms with E-state index in [1.54, 1.807) is 31.2 Å². The molecule has 30 heavy (non-hydrogen) atoms. The number of rotatable bonds is 5. The number of benzene rings is 2. The maximum atomic E-state index is 13.8. The van der Waals surface area contributed by atoms with Gasteiger partial charge in [0.1, 0.15) is 17.2 Å². The van der Waals surface area contributed by atoms with Crippen molar-refractivity contribution in [3.63, 3.8) is 0 Å². The van der Waals surface area contributed by atoms with Crippen molar-refractivity contribution in [3.8, 4) is 0 Å². The van der Waals surface area contributed by atoms with Crippen LogP contribution in [-0.4, -0.2) is 43.5 Å². The molecule has 0 saturated carbocycles. The van der Waals surface area contributed by atoms with E-state index in [1.807, 2.05) is 7.05 Å². The molecule has 0 fully saturated rings. The monoisotopic (exact) mass is 414 g/mol. The van der Waals surface area contributed by atoms with Gasteiger partial charge >= 0.3 is 5.97 Å². The van der Waals surface area contributed by atoms with Crippen LogP contribution in [0.25, 0.3) is 5.57 Å². The third-order valence-electron chi connectivity index (χ3n) is 5.05. The summed E-state index contributed by atoms with van der Waals surface area (Å²) >= 11 is 0. The Kier molecular flexibility index (Phi) is 6.95. The highest BCUT2D eigenvalue weighted by Gasteiger charge is 2.22. The molecular weight excluding hydrogens is 390 g/mol. The summed E-state index contributed by atoms with van der Waals surface area (Å²) in [4.78, 5) is 26.9. The Bertz CT molecular complexity index is 951. The van der Waals surface area contributed by atoms with Crippen LogP contribution in [0.2, 0.25) is 0 Å². The lowest BCUT2D eigenvalue weighted by Crippen LogP contribution is -2.19. The van der Waals surface area contributed by atoms with Crippen LogP contribution in [0, 0.1) is 11.6 Å². The van der Waals surface area contributed by atoms with Gasteiger partial charge in [-0.15, -0.1) is 0 Å². The number of hydrogen-bond donors (Lipinski definition) is 1. The molecule has 1 aliphatic heterocycles. The van der Waals surface area contributed by atoms with E-state index >= 15 is 0 Å². The second-order valence-electron chi connectivity index (χ2n) is 7.11. The maximum Gasteiger partial charge on any atom is 0.334 e. The lowest BCUT2D eigenvalue weighted by molar-refractivity contribution is -0.138. The molecule has 0 aliphatic carbocycles. The Morgan fingerprint density at radius 1 is 1.03 bits per heavy atom. The number of ether oxygens (including phenoxy) is 1. The summed E-state index contributed by atoms with van der Waals surface area (Å²) in [7, 11) is 2.01. The number of nitrogens with zero attached hydrogens (tertiary/aromatic N) is 1. The summed E-state index contributed by atoms with van der Waals surface area (Å²) in [5.41, 5.74) is 2.20. The normalized spacial score (nSPS) is 14.9. The minimum absolute atomic E-state index is 0.309. The molecule has 1 heterocycles. The zero-order valence-corrected chi connectivity index (χ0v) is 17.0. The minimum atomic E-state index is -0.920. The lowest BCUT2D eigenvalue weighted by atomic mass is 9.96. The molecule has 2 aromatic rings. The van der Waals surface area contributed by atoms with Crippen molar-refractivity contribution in [2.45, 2.75) is 19.8 Å². The van der Waals surface area contributed by atoms with Crippen molar-refractivity contribution in [2.75, 3.05) is 32.1 Å². The first-order valence-corrected chi connectivity index (χ1v) is 9.84. The van der Waals surface area contributed by atoms with Crippen LogP contribution in [0.15, 0.2) is 48.0 Å². The number of esters is 1. The van der Waals surface area contributed by atoms with Crippen LogP contribution in [0.1, 0.15) is 35.7 Å². The Morgan fingerprint density at radius 3 is 2.30 bits per heavy atom. The first kappa shape index (κ1) is 21.6. The van der Waals surface area contributed by atoms with Crippen molar-refractivity contribution in [1.29, 1.82) is 0 Å². The van der Waals surface area contributed by atoms with E-state index < -0.39 is 23.1 Å². The van der Waals surface area contributed by atoms with E-state index in [0.29, 0.717) is 30.7 Å². The van der Waals surface area contributed by atoms with Crippen LogP contribution < -0.4 is 5.32 Å². The molecule has 7 heteroatoms. The fourth-order valence-electron chi connectivity index (χ4n) is 3.44. The molecule has 0 saturated heterocycles. The van der Waals surface area contributed by atoms with Crippen LogP contribution in [0.3, 0.4) is 0 Å². The van der Waals surface area contributed by atoms with E-state index in [4.69, 9.17) is 4.74 Å². The number of carbonyl (C=O) groups is 2. The van der Waals surface area contributed by atoms with Gasteiger partial charge in [-0.25, -0.2) is 13.6 Å². The summed E-state index contributed by atoms with van der Waals surface area (Å²) in [6, 6.07) is 10.1. The Hall–Kier alpha value is -3.06. The van der Waals surface area contributed by atoms with Gasteiger partial charge in [-0.3, -0.25) is 4.79 Å². The van der Waals surface area contributed by atoms with E-state index in [9.17, 15) is 18.4 Å². The van der Waals surface area contributed by atoms with Crippen LogP contribution >= 0.6 is 0 Å². The standard InChI is InChI=1S/C23H24F2N2O3/c1-3-30-23(29)18-12-14-27(2)13-11-17(18)15-7-9-16(10-8-15)26-22(28)21-19(24)5-4-6-20(21)25/h4-10H,3,11-14H2,1-2H3,(H,26,28). The number of nitrogens with one attached hydrogen (secondary N) is 1. The SMILES string of the molecule is CCOC(=O)C1=C(c2ccc(NC(=O)c3c(F)cccc3F)cc2)CCN(C)CC1. The first-order valence-electron chi connectivity index (χ1n) is 9.84. The Morgan fingerprint density at radius 2 is 1.67 bits per heavy atom. The molecule has 0 aromatic heterocycles. The lowest BCUT2D eigenvalue weighted by Gasteiger charge is -2.13.